The molecule has 0 unspecified atom stereocenters. The fourth-order valence-corrected chi connectivity index (χ4v) is 2.69. The van der Waals surface area contributed by atoms with E-state index >= 15 is 0 Å². The summed E-state index contributed by atoms with van der Waals surface area (Å²) in [5.41, 5.74) is 11.0. The molecule has 3 rings (SSSR count). The van der Waals surface area contributed by atoms with Crippen molar-refractivity contribution in [2.45, 2.75) is 25.7 Å². The van der Waals surface area contributed by atoms with E-state index < -0.39 is 0 Å². The molecule has 0 spiro atoms. The Morgan fingerprint density at radius 3 is 2.91 bits per heavy atom. The fraction of sp³-hybridized carbons (Fsp3) is 0.294. The third kappa shape index (κ3) is 4.43. The van der Waals surface area contributed by atoms with E-state index in [1.165, 1.54) is 36.0 Å². The predicted octanol–water partition coefficient (Wildman–Crippen LogP) is 3.16. The van der Waals surface area contributed by atoms with Crippen LogP contribution in [0, 0.1) is 0 Å². The van der Waals surface area contributed by atoms with Crippen molar-refractivity contribution in [3.05, 3.63) is 59.4 Å². The first-order valence-electron chi connectivity index (χ1n) is 7.39. The molecular formula is C17H21IN4. The first kappa shape index (κ1) is 16.7. The molecular weight excluding hydrogens is 387 g/mol. The van der Waals surface area contributed by atoms with Crippen LogP contribution in [-0.4, -0.2) is 17.5 Å². The number of pyridine rings is 1. The summed E-state index contributed by atoms with van der Waals surface area (Å²) in [6.45, 7) is 0.662. The second-order valence-corrected chi connectivity index (χ2v) is 5.34. The van der Waals surface area contributed by atoms with Crippen LogP contribution in [0.25, 0.3) is 0 Å². The van der Waals surface area contributed by atoms with E-state index in [0.29, 0.717) is 12.5 Å². The minimum atomic E-state index is 0. The van der Waals surface area contributed by atoms with E-state index in [9.17, 15) is 0 Å². The van der Waals surface area contributed by atoms with Gasteiger partial charge in [0.15, 0.2) is 5.96 Å². The summed E-state index contributed by atoms with van der Waals surface area (Å²) in [6.07, 6.45) is 8.11. The standard InChI is InChI=1S/C17H20N4.HI/c18-17(20-10-8-13-3-2-9-19-12-13)21-16-7-6-14-4-1-5-15(14)11-16;/h2-3,6-7,9,11-12H,1,4-5,8,10H2,(H3,18,20,21);1H. The molecule has 2 aromatic rings. The Bertz CT molecular complexity index is 640. The smallest absolute Gasteiger partial charge is 0.193 e. The summed E-state index contributed by atoms with van der Waals surface area (Å²) < 4.78 is 0. The molecule has 0 amide bonds. The number of anilines is 1. The Labute approximate surface area is 148 Å². The Morgan fingerprint density at radius 1 is 1.23 bits per heavy atom. The number of nitrogens with one attached hydrogen (secondary N) is 1. The zero-order chi connectivity index (χ0) is 14.5. The molecule has 3 N–H and O–H groups in total. The predicted molar refractivity (Wildman–Crippen MR) is 102 cm³/mol. The first-order chi connectivity index (χ1) is 10.3. The van der Waals surface area contributed by atoms with E-state index in [0.717, 1.165) is 12.1 Å². The van der Waals surface area contributed by atoms with Crippen molar-refractivity contribution in [3.8, 4) is 0 Å². The quantitative estimate of drug-likeness (QED) is 0.464. The van der Waals surface area contributed by atoms with Crippen LogP contribution in [-0.2, 0) is 19.3 Å². The summed E-state index contributed by atoms with van der Waals surface area (Å²) in [5, 5.41) is 3.17. The van der Waals surface area contributed by atoms with Crippen LogP contribution in [0.5, 0.6) is 0 Å². The lowest BCUT2D eigenvalue weighted by Gasteiger charge is -2.08. The molecule has 0 fully saturated rings. The third-order valence-corrected chi connectivity index (χ3v) is 3.78. The zero-order valence-electron chi connectivity index (χ0n) is 12.5. The fourth-order valence-electron chi connectivity index (χ4n) is 2.69. The van der Waals surface area contributed by atoms with Crippen LogP contribution in [0.15, 0.2) is 47.7 Å². The molecule has 1 aliphatic carbocycles. The number of nitrogens with two attached hydrogens (primary N) is 1. The number of benzene rings is 1. The number of aromatic nitrogens is 1. The van der Waals surface area contributed by atoms with E-state index in [-0.39, 0.29) is 24.0 Å². The SMILES string of the molecule is I.NC(=NCCc1cccnc1)Nc1ccc2c(c1)CCC2. The molecule has 116 valence electrons. The summed E-state index contributed by atoms with van der Waals surface area (Å²) in [5.74, 6) is 0.469. The van der Waals surface area contributed by atoms with Crippen molar-refractivity contribution in [1.29, 1.82) is 0 Å². The van der Waals surface area contributed by atoms with E-state index in [2.05, 4.69) is 33.5 Å². The number of aliphatic imine (C=N–C) groups is 1. The molecule has 22 heavy (non-hydrogen) atoms. The van der Waals surface area contributed by atoms with Gasteiger partial charge in [0, 0.05) is 24.6 Å². The maximum absolute atomic E-state index is 5.94. The number of aryl methyl sites for hydroxylation is 2. The van der Waals surface area contributed by atoms with Gasteiger partial charge in [0.05, 0.1) is 0 Å². The lowest BCUT2D eigenvalue weighted by molar-refractivity contribution is 0.912. The van der Waals surface area contributed by atoms with Gasteiger partial charge < -0.3 is 11.1 Å². The zero-order valence-corrected chi connectivity index (χ0v) is 14.8. The van der Waals surface area contributed by atoms with Crippen LogP contribution in [0.1, 0.15) is 23.1 Å². The topological polar surface area (TPSA) is 63.3 Å². The molecule has 4 nitrogen and oxygen atoms in total. The van der Waals surface area contributed by atoms with Gasteiger partial charge in [-0.1, -0.05) is 12.1 Å². The van der Waals surface area contributed by atoms with Gasteiger partial charge in [-0.05, 0) is 60.6 Å². The lowest BCUT2D eigenvalue weighted by Crippen LogP contribution is -2.23. The first-order valence-corrected chi connectivity index (χ1v) is 7.39. The van der Waals surface area contributed by atoms with Gasteiger partial charge in [0.2, 0.25) is 0 Å². The van der Waals surface area contributed by atoms with Gasteiger partial charge in [-0.2, -0.15) is 0 Å². The maximum Gasteiger partial charge on any atom is 0.193 e. The Hall–Kier alpha value is -1.63. The molecule has 1 aromatic carbocycles. The monoisotopic (exact) mass is 408 g/mol. The van der Waals surface area contributed by atoms with Crippen LogP contribution >= 0.6 is 24.0 Å². The molecule has 0 saturated heterocycles. The highest BCUT2D eigenvalue weighted by atomic mass is 127. The lowest BCUT2D eigenvalue weighted by atomic mass is 10.1. The largest absolute Gasteiger partial charge is 0.370 e. The van der Waals surface area contributed by atoms with Crippen molar-refractivity contribution >= 4 is 35.6 Å². The molecule has 0 bridgehead atoms. The minimum absolute atomic E-state index is 0. The summed E-state index contributed by atoms with van der Waals surface area (Å²) in [7, 11) is 0. The van der Waals surface area contributed by atoms with Crippen LogP contribution in [0.3, 0.4) is 0 Å². The van der Waals surface area contributed by atoms with Crippen molar-refractivity contribution in [3.63, 3.8) is 0 Å². The summed E-state index contributed by atoms with van der Waals surface area (Å²) in [4.78, 5) is 8.45. The highest BCUT2D eigenvalue weighted by Crippen LogP contribution is 2.24. The van der Waals surface area contributed by atoms with E-state index in [1.54, 1.807) is 6.20 Å². The molecule has 1 aromatic heterocycles. The third-order valence-electron chi connectivity index (χ3n) is 3.78. The Kier molecular flexibility index (Phi) is 6.18. The van der Waals surface area contributed by atoms with E-state index in [1.807, 2.05) is 18.3 Å². The van der Waals surface area contributed by atoms with Crippen molar-refractivity contribution in [2.24, 2.45) is 10.7 Å². The number of nitrogens with zero attached hydrogens (tertiary/aromatic N) is 2. The maximum atomic E-state index is 5.94. The van der Waals surface area contributed by atoms with Gasteiger partial charge in [0.1, 0.15) is 0 Å². The molecule has 1 heterocycles. The number of hydrogen-bond acceptors (Lipinski definition) is 2. The van der Waals surface area contributed by atoms with Crippen molar-refractivity contribution < 1.29 is 0 Å². The van der Waals surface area contributed by atoms with Gasteiger partial charge in [-0.3, -0.25) is 9.98 Å². The molecule has 5 heteroatoms. The average Bonchev–Trinajstić information content (AvgIpc) is 2.96. The molecule has 0 aliphatic heterocycles. The molecule has 0 radical (unpaired) electrons. The van der Waals surface area contributed by atoms with Gasteiger partial charge in [0.25, 0.3) is 0 Å². The average molecular weight is 408 g/mol. The summed E-state index contributed by atoms with van der Waals surface area (Å²) >= 11 is 0. The second kappa shape index (κ2) is 8.12. The highest BCUT2D eigenvalue weighted by Gasteiger charge is 2.10. The Morgan fingerprint density at radius 2 is 2.09 bits per heavy atom. The minimum Gasteiger partial charge on any atom is -0.370 e. The number of rotatable bonds is 4. The van der Waals surface area contributed by atoms with E-state index in [4.69, 9.17) is 5.73 Å². The number of hydrogen-bond donors (Lipinski definition) is 2. The summed E-state index contributed by atoms with van der Waals surface area (Å²) in [6, 6.07) is 10.4. The highest BCUT2D eigenvalue weighted by molar-refractivity contribution is 14.0. The molecule has 0 saturated carbocycles. The normalized spacial score (nSPS) is 13.4. The molecule has 0 atom stereocenters. The number of halogens is 1. The second-order valence-electron chi connectivity index (χ2n) is 5.34. The Balaban J connectivity index is 0.00000176. The van der Waals surface area contributed by atoms with Gasteiger partial charge in [-0.15, -0.1) is 24.0 Å². The van der Waals surface area contributed by atoms with Crippen LogP contribution < -0.4 is 11.1 Å². The van der Waals surface area contributed by atoms with Crippen molar-refractivity contribution in [2.75, 3.05) is 11.9 Å². The molecule has 1 aliphatic rings. The van der Waals surface area contributed by atoms with Crippen molar-refractivity contribution in [1.82, 2.24) is 4.98 Å². The van der Waals surface area contributed by atoms with Gasteiger partial charge >= 0.3 is 0 Å². The van der Waals surface area contributed by atoms with Gasteiger partial charge in [-0.25, -0.2) is 0 Å². The van der Waals surface area contributed by atoms with Crippen LogP contribution in [0.4, 0.5) is 5.69 Å². The van der Waals surface area contributed by atoms with Crippen LogP contribution in [0.2, 0.25) is 0 Å². The number of guanidine groups is 1. The number of fused-ring (bicyclic) bond motifs is 1.